The van der Waals surface area contributed by atoms with E-state index in [1.165, 1.54) is 25.8 Å². The van der Waals surface area contributed by atoms with Crippen molar-refractivity contribution >= 4 is 0 Å². The van der Waals surface area contributed by atoms with Crippen molar-refractivity contribution in [3.05, 3.63) is 0 Å². The largest absolute Gasteiger partial charge is 0.393 e. The third kappa shape index (κ3) is 3.44. The molecule has 0 radical (unpaired) electrons. The average molecular weight is 226 g/mol. The van der Waals surface area contributed by atoms with E-state index in [0.29, 0.717) is 6.04 Å². The van der Waals surface area contributed by atoms with Gasteiger partial charge in [0.15, 0.2) is 0 Å². The van der Waals surface area contributed by atoms with Gasteiger partial charge in [0, 0.05) is 18.6 Å². The second-order valence-electron chi connectivity index (χ2n) is 5.54. The van der Waals surface area contributed by atoms with E-state index in [9.17, 15) is 5.11 Å². The van der Waals surface area contributed by atoms with Crippen molar-refractivity contribution in [2.75, 3.05) is 20.1 Å². The van der Waals surface area contributed by atoms with Gasteiger partial charge < -0.3 is 15.3 Å². The molecular formula is C13H26N2O. The van der Waals surface area contributed by atoms with Gasteiger partial charge in [-0.1, -0.05) is 6.42 Å². The van der Waals surface area contributed by atoms with Crippen molar-refractivity contribution in [2.24, 2.45) is 0 Å². The van der Waals surface area contributed by atoms with Crippen molar-refractivity contribution in [1.29, 1.82) is 0 Å². The molecule has 1 aliphatic carbocycles. The van der Waals surface area contributed by atoms with Crippen molar-refractivity contribution in [2.45, 2.75) is 63.1 Å². The molecule has 2 fully saturated rings. The van der Waals surface area contributed by atoms with Crippen LogP contribution in [0.1, 0.15) is 44.9 Å². The van der Waals surface area contributed by atoms with Crippen molar-refractivity contribution < 1.29 is 5.11 Å². The van der Waals surface area contributed by atoms with Gasteiger partial charge in [0.1, 0.15) is 0 Å². The third-order valence-electron chi connectivity index (χ3n) is 4.26. The Bertz CT molecular complexity index is 202. The summed E-state index contributed by atoms with van der Waals surface area (Å²) < 4.78 is 0. The summed E-state index contributed by atoms with van der Waals surface area (Å²) >= 11 is 0. The summed E-state index contributed by atoms with van der Waals surface area (Å²) in [5, 5.41) is 13.1. The number of nitrogens with zero attached hydrogens (tertiary/aromatic N) is 1. The van der Waals surface area contributed by atoms with Gasteiger partial charge in [0.05, 0.1) is 6.10 Å². The Morgan fingerprint density at radius 2 is 1.88 bits per heavy atom. The highest BCUT2D eigenvalue weighted by molar-refractivity contribution is 4.81. The number of aliphatic hydroxyl groups excluding tert-OH is 1. The number of hydrogen-bond acceptors (Lipinski definition) is 3. The first-order valence-corrected chi connectivity index (χ1v) is 6.87. The van der Waals surface area contributed by atoms with Crippen LogP contribution in [-0.2, 0) is 0 Å². The lowest BCUT2D eigenvalue weighted by molar-refractivity contribution is 0.111. The third-order valence-corrected chi connectivity index (χ3v) is 4.26. The van der Waals surface area contributed by atoms with Gasteiger partial charge in [0.2, 0.25) is 0 Å². The summed E-state index contributed by atoms with van der Waals surface area (Å²) in [6.07, 6.45) is 8.34. The zero-order valence-electron chi connectivity index (χ0n) is 10.5. The van der Waals surface area contributed by atoms with E-state index in [4.69, 9.17) is 0 Å². The van der Waals surface area contributed by atoms with Gasteiger partial charge in [-0.25, -0.2) is 0 Å². The standard InChI is InChI=1S/C13H26N2O/c1-15-9-3-2-4-12(15)10-14-11-5-7-13(16)8-6-11/h11-14,16H,2-10H2,1H3. The lowest BCUT2D eigenvalue weighted by Gasteiger charge is -2.35. The number of likely N-dealkylation sites (tertiary alicyclic amines) is 1. The van der Waals surface area contributed by atoms with Crippen molar-refractivity contribution in [1.82, 2.24) is 10.2 Å². The number of hydrogen-bond donors (Lipinski definition) is 2. The predicted molar refractivity (Wildman–Crippen MR) is 66.5 cm³/mol. The van der Waals surface area contributed by atoms with Crippen molar-refractivity contribution in [3.8, 4) is 0 Å². The topological polar surface area (TPSA) is 35.5 Å². The first-order valence-electron chi connectivity index (χ1n) is 6.87. The second-order valence-corrected chi connectivity index (χ2v) is 5.54. The summed E-state index contributed by atoms with van der Waals surface area (Å²) in [6.45, 7) is 2.40. The van der Waals surface area contributed by atoms with Crippen LogP contribution >= 0.6 is 0 Å². The highest BCUT2D eigenvalue weighted by atomic mass is 16.3. The Morgan fingerprint density at radius 1 is 1.12 bits per heavy atom. The van der Waals surface area contributed by atoms with Gasteiger partial charge >= 0.3 is 0 Å². The van der Waals surface area contributed by atoms with E-state index in [2.05, 4.69) is 17.3 Å². The van der Waals surface area contributed by atoms with E-state index in [1.807, 2.05) is 0 Å². The molecule has 2 N–H and O–H groups in total. The fourth-order valence-electron chi connectivity index (χ4n) is 2.98. The van der Waals surface area contributed by atoms with Crippen LogP contribution in [0, 0.1) is 0 Å². The van der Waals surface area contributed by atoms with E-state index in [-0.39, 0.29) is 6.10 Å². The quantitative estimate of drug-likeness (QED) is 0.763. The minimum absolute atomic E-state index is 0.0320. The molecule has 0 bridgehead atoms. The smallest absolute Gasteiger partial charge is 0.0541 e. The van der Waals surface area contributed by atoms with E-state index in [1.54, 1.807) is 0 Å². The zero-order valence-corrected chi connectivity index (χ0v) is 10.5. The van der Waals surface area contributed by atoms with E-state index >= 15 is 0 Å². The van der Waals surface area contributed by atoms with Crippen LogP contribution in [0.2, 0.25) is 0 Å². The molecule has 16 heavy (non-hydrogen) atoms. The molecule has 1 heterocycles. The lowest BCUT2D eigenvalue weighted by atomic mass is 9.92. The normalized spacial score (nSPS) is 37.5. The van der Waals surface area contributed by atoms with Crippen LogP contribution in [0.15, 0.2) is 0 Å². The van der Waals surface area contributed by atoms with Crippen LogP contribution in [0.5, 0.6) is 0 Å². The Balaban J connectivity index is 1.66. The first kappa shape index (κ1) is 12.3. The highest BCUT2D eigenvalue weighted by Gasteiger charge is 2.22. The molecule has 1 aliphatic heterocycles. The molecule has 1 saturated heterocycles. The SMILES string of the molecule is CN1CCCCC1CNC1CCC(O)CC1. The molecule has 94 valence electrons. The number of aliphatic hydroxyl groups is 1. The summed E-state index contributed by atoms with van der Waals surface area (Å²) in [7, 11) is 2.25. The molecular weight excluding hydrogens is 200 g/mol. The van der Waals surface area contributed by atoms with Crippen LogP contribution in [-0.4, -0.2) is 48.3 Å². The molecule has 2 aliphatic rings. The molecule has 1 atom stereocenters. The van der Waals surface area contributed by atoms with Crippen LogP contribution < -0.4 is 5.32 Å². The zero-order chi connectivity index (χ0) is 11.4. The second kappa shape index (κ2) is 5.99. The monoisotopic (exact) mass is 226 g/mol. The summed E-state index contributed by atoms with van der Waals surface area (Å²) in [6, 6.07) is 1.39. The predicted octanol–water partition coefficient (Wildman–Crippen LogP) is 1.36. The Morgan fingerprint density at radius 3 is 2.56 bits per heavy atom. The molecule has 0 amide bonds. The molecule has 0 aromatic rings. The minimum atomic E-state index is -0.0320. The maximum Gasteiger partial charge on any atom is 0.0541 e. The van der Waals surface area contributed by atoms with Gasteiger partial charge in [-0.2, -0.15) is 0 Å². The highest BCUT2D eigenvalue weighted by Crippen LogP contribution is 2.19. The molecule has 0 aromatic carbocycles. The molecule has 3 heteroatoms. The van der Waals surface area contributed by atoms with Gasteiger partial charge in [0.25, 0.3) is 0 Å². The molecule has 1 saturated carbocycles. The van der Waals surface area contributed by atoms with E-state index in [0.717, 1.165) is 38.3 Å². The average Bonchev–Trinajstić information content (AvgIpc) is 2.30. The fourth-order valence-corrected chi connectivity index (χ4v) is 2.98. The maximum absolute atomic E-state index is 9.45. The van der Waals surface area contributed by atoms with Gasteiger partial charge in [-0.3, -0.25) is 0 Å². The molecule has 0 aromatic heterocycles. The van der Waals surface area contributed by atoms with Crippen LogP contribution in [0.25, 0.3) is 0 Å². The summed E-state index contributed by atoms with van der Waals surface area (Å²) in [5.74, 6) is 0. The molecule has 0 spiro atoms. The summed E-state index contributed by atoms with van der Waals surface area (Å²) in [5.41, 5.74) is 0. The number of likely N-dealkylation sites (N-methyl/N-ethyl adjacent to an activating group) is 1. The van der Waals surface area contributed by atoms with Gasteiger partial charge in [-0.15, -0.1) is 0 Å². The fraction of sp³-hybridized carbons (Fsp3) is 1.00. The molecule has 2 rings (SSSR count). The number of piperidine rings is 1. The lowest BCUT2D eigenvalue weighted by Crippen LogP contribution is -2.46. The van der Waals surface area contributed by atoms with Crippen molar-refractivity contribution in [3.63, 3.8) is 0 Å². The molecule has 3 nitrogen and oxygen atoms in total. The minimum Gasteiger partial charge on any atom is -0.393 e. The Kier molecular flexibility index (Phi) is 4.62. The number of nitrogens with one attached hydrogen (secondary N) is 1. The Hall–Kier alpha value is -0.120. The molecule has 1 unspecified atom stereocenters. The first-order chi connectivity index (χ1) is 7.75. The van der Waals surface area contributed by atoms with E-state index < -0.39 is 0 Å². The Labute approximate surface area is 99.2 Å². The summed E-state index contributed by atoms with van der Waals surface area (Å²) in [4.78, 5) is 2.49. The van der Waals surface area contributed by atoms with Gasteiger partial charge in [-0.05, 0) is 52.1 Å². The maximum atomic E-state index is 9.45. The number of rotatable bonds is 3. The van der Waals surface area contributed by atoms with Crippen LogP contribution in [0.4, 0.5) is 0 Å². The van der Waals surface area contributed by atoms with Crippen LogP contribution in [0.3, 0.4) is 0 Å².